The lowest BCUT2D eigenvalue weighted by atomic mass is 10.1. The molecule has 1 aliphatic rings. The average molecular weight is 448 g/mol. The first kappa shape index (κ1) is 21.5. The summed E-state index contributed by atoms with van der Waals surface area (Å²) in [7, 11) is 2.05. The molecule has 0 N–H and O–H groups in total. The van der Waals surface area contributed by atoms with Crippen LogP contribution in [0.5, 0.6) is 11.5 Å². The summed E-state index contributed by atoms with van der Waals surface area (Å²) in [6.45, 7) is 7.40. The molecule has 0 amide bonds. The Morgan fingerprint density at radius 2 is 1.82 bits per heavy atom. The maximum atomic E-state index is 13.2. The minimum Gasteiger partial charge on any atom is -0.486 e. The highest BCUT2D eigenvalue weighted by Gasteiger charge is 2.18. The maximum absolute atomic E-state index is 13.2. The van der Waals surface area contributed by atoms with Crippen molar-refractivity contribution in [1.82, 2.24) is 24.1 Å². The molecule has 0 bridgehead atoms. The van der Waals surface area contributed by atoms with E-state index in [2.05, 4.69) is 42.1 Å². The number of rotatable bonds is 7. The molecular formula is C25H29N5O3. The molecule has 0 radical (unpaired) electrons. The highest BCUT2D eigenvalue weighted by molar-refractivity contribution is 5.80. The number of fused-ring (bicyclic) bond motifs is 4. The second-order valence-electron chi connectivity index (χ2n) is 9.06. The molecular weight excluding hydrogens is 418 g/mol. The van der Waals surface area contributed by atoms with Gasteiger partial charge >= 0.3 is 0 Å². The van der Waals surface area contributed by atoms with Crippen LogP contribution in [0.1, 0.15) is 31.7 Å². The number of aryl methyl sites for hydroxylation is 1. The van der Waals surface area contributed by atoms with Gasteiger partial charge in [-0.25, -0.2) is 0 Å². The van der Waals surface area contributed by atoms with Crippen LogP contribution in [0.3, 0.4) is 0 Å². The molecule has 2 aromatic heterocycles. The van der Waals surface area contributed by atoms with Gasteiger partial charge in [0.1, 0.15) is 13.2 Å². The number of aromatic nitrogens is 4. The molecule has 8 heteroatoms. The van der Waals surface area contributed by atoms with E-state index in [1.54, 1.807) is 4.57 Å². The average Bonchev–Trinajstić information content (AvgIpc) is 3.22. The van der Waals surface area contributed by atoms with E-state index in [-0.39, 0.29) is 5.56 Å². The van der Waals surface area contributed by atoms with E-state index in [1.807, 2.05) is 40.8 Å². The molecule has 4 aromatic rings. The fourth-order valence-corrected chi connectivity index (χ4v) is 4.30. The lowest BCUT2D eigenvalue weighted by Crippen LogP contribution is -2.25. The summed E-state index contributed by atoms with van der Waals surface area (Å²) in [6.07, 6.45) is 0.903. The van der Waals surface area contributed by atoms with Gasteiger partial charge in [-0.05, 0) is 49.2 Å². The number of para-hydroxylation sites is 1. The van der Waals surface area contributed by atoms with Gasteiger partial charge in [0.15, 0.2) is 17.3 Å². The van der Waals surface area contributed by atoms with Gasteiger partial charge in [-0.2, -0.15) is 0 Å². The number of hydrogen-bond acceptors (Lipinski definition) is 6. The fourth-order valence-electron chi connectivity index (χ4n) is 4.30. The number of benzene rings is 2. The Bertz CT molecular complexity index is 1360. The zero-order chi connectivity index (χ0) is 22.9. The monoisotopic (exact) mass is 447 g/mol. The Labute approximate surface area is 192 Å². The zero-order valence-corrected chi connectivity index (χ0v) is 19.3. The normalized spacial score (nSPS) is 13.5. The van der Waals surface area contributed by atoms with Crippen LogP contribution in [0, 0.1) is 5.92 Å². The zero-order valence-electron chi connectivity index (χ0n) is 19.3. The Morgan fingerprint density at radius 1 is 1.03 bits per heavy atom. The van der Waals surface area contributed by atoms with Crippen molar-refractivity contribution >= 4 is 16.7 Å². The summed E-state index contributed by atoms with van der Waals surface area (Å²) in [5.41, 5.74) is 1.96. The van der Waals surface area contributed by atoms with E-state index in [0.717, 1.165) is 41.4 Å². The van der Waals surface area contributed by atoms with Crippen molar-refractivity contribution in [3.05, 3.63) is 64.2 Å². The summed E-state index contributed by atoms with van der Waals surface area (Å²) < 4.78 is 15.1. The van der Waals surface area contributed by atoms with E-state index in [4.69, 9.17) is 9.47 Å². The highest BCUT2D eigenvalue weighted by Crippen LogP contribution is 2.31. The largest absolute Gasteiger partial charge is 0.486 e. The van der Waals surface area contributed by atoms with Gasteiger partial charge in [-0.1, -0.05) is 32.0 Å². The molecule has 0 atom stereocenters. The third kappa shape index (κ3) is 4.18. The van der Waals surface area contributed by atoms with Gasteiger partial charge in [0, 0.05) is 13.1 Å². The molecule has 33 heavy (non-hydrogen) atoms. The molecule has 3 heterocycles. The Morgan fingerprint density at radius 3 is 2.64 bits per heavy atom. The maximum Gasteiger partial charge on any atom is 0.262 e. The third-order valence-corrected chi connectivity index (χ3v) is 5.98. The SMILES string of the molecule is CC(C)CCn1c(=O)c2ccccc2n2c(CN(C)Cc3ccc4c(c3)OCCO4)nnc12. The number of ether oxygens (including phenoxy) is 2. The third-order valence-electron chi connectivity index (χ3n) is 5.98. The van der Waals surface area contributed by atoms with Gasteiger partial charge in [0.25, 0.3) is 5.56 Å². The number of nitrogens with zero attached hydrogens (tertiary/aromatic N) is 5. The molecule has 5 rings (SSSR count). The van der Waals surface area contributed by atoms with Gasteiger partial charge < -0.3 is 9.47 Å². The smallest absolute Gasteiger partial charge is 0.262 e. The standard InChI is InChI=1S/C25H29N5O3/c1-17(2)10-11-29-24(31)19-6-4-5-7-20(19)30-23(26-27-25(29)30)16-28(3)15-18-8-9-21-22(14-18)33-13-12-32-21/h4-9,14,17H,10-13,15-16H2,1-3H3. The molecule has 1 aliphatic heterocycles. The van der Waals surface area contributed by atoms with E-state index < -0.39 is 0 Å². The van der Waals surface area contributed by atoms with E-state index >= 15 is 0 Å². The van der Waals surface area contributed by atoms with E-state index in [0.29, 0.717) is 43.4 Å². The summed E-state index contributed by atoms with van der Waals surface area (Å²) in [4.78, 5) is 15.4. The predicted octanol–water partition coefficient (Wildman–Crippen LogP) is 3.49. The minimum absolute atomic E-state index is 0.0117. The van der Waals surface area contributed by atoms with Gasteiger partial charge in [0.2, 0.25) is 5.78 Å². The predicted molar refractivity (Wildman–Crippen MR) is 127 cm³/mol. The van der Waals surface area contributed by atoms with Crippen LogP contribution < -0.4 is 15.0 Å². The summed E-state index contributed by atoms with van der Waals surface area (Å²) >= 11 is 0. The Balaban J connectivity index is 1.48. The van der Waals surface area contributed by atoms with Crippen molar-refractivity contribution in [3.8, 4) is 11.5 Å². The first-order valence-electron chi connectivity index (χ1n) is 11.4. The lowest BCUT2D eigenvalue weighted by molar-refractivity contribution is 0.171. The topological polar surface area (TPSA) is 73.9 Å². The molecule has 0 fully saturated rings. The molecule has 2 aromatic carbocycles. The minimum atomic E-state index is -0.0117. The first-order chi connectivity index (χ1) is 16.0. The van der Waals surface area contributed by atoms with Crippen molar-refractivity contribution in [2.24, 2.45) is 5.92 Å². The molecule has 0 spiro atoms. The van der Waals surface area contributed by atoms with Crippen LogP contribution in [0.4, 0.5) is 0 Å². The molecule has 0 aliphatic carbocycles. The highest BCUT2D eigenvalue weighted by atomic mass is 16.6. The molecule has 172 valence electrons. The summed E-state index contributed by atoms with van der Waals surface area (Å²) in [5, 5.41) is 9.62. The molecule has 8 nitrogen and oxygen atoms in total. The van der Waals surface area contributed by atoms with Crippen LogP contribution in [-0.2, 0) is 19.6 Å². The second-order valence-corrected chi connectivity index (χ2v) is 9.06. The Kier molecular flexibility index (Phi) is 5.76. The number of hydrogen-bond donors (Lipinski definition) is 0. The quantitative estimate of drug-likeness (QED) is 0.432. The molecule has 0 saturated heterocycles. The van der Waals surface area contributed by atoms with Crippen LogP contribution >= 0.6 is 0 Å². The second kappa shape index (κ2) is 8.86. The Hall–Kier alpha value is -3.39. The molecule has 0 unspecified atom stereocenters. The van der Waals surface area contributed by atoms with Gasteiger partial charge in [-0.15, -0.1) is 10.2 Å². The van der Waals surface area contributed by atoms with Crippen molar-refractivity contribution in [3.63, 3.8) is 0 Å². The first-order valence-corrected chi connectivity index (χ1v) is 11.4. The van der Waals surface area contributed by atoms with Crippen LogP contribution in [0.25, 0.3) is 16.7 Å². The van der Waals surface area contributed by atoms with Crippen molar-refractivity contribution in [1.29, 1.82) is 0 Å². The van der Waals surface area contributed by atoms with Crippen molar-refractivity contribution in [2.45, 2.75) is 39.9 Å². The van der Waals surface area contributed by atoms with Crippen molar-refractivity contribution in [2.75, 3.05) is 20.3 Å². The lowest BCUT2D eigenvalue weighted by Gasteiger charge is -2.21. The van der Waals surface area contributed by atoms with E-state index in [1.165, 1.54) is 0 Å². The summed E-state index contributed by atoms with van der Waals surface area (Å²) in [5.74, 6) is 3.48. The van der Waals surface area contributed by atoms with Crippen LogP contribution in [-0.4, -0.2) is 44.3 Å². The molecule has 0 saturated carbocycles. The summed E-state index contributed by atoms with van der Waals surface area (Å²) in [6, 6.07) is 13.8. The van der Waals surface area contributed by atoms with Gasteiger partial charge in [0.05, 0.1) is 17.4 Å². The van der Waals surface area contributed by atoms with E-state index in [9.17, 15) is 4.79 Å². The van der Waals surface area contributed by atoms with Crippen molar-refractivity contribution < 1.29 is 9.47 Å². The van der Waals surface area contributed by atoms with Crippen LogP contribution in [0.2, 0.25) is 0 Å². The van der Waals surface area contributed by atoms with Crippen LogP contribution in [0.15, 0.2) is 47.3 Å². The van der Waals surface area contributed by atoms with Gasteiger partial charge in [-0.3, -0.25) is 18.7 Å². The fraction of sp³-hybridized carbons (Fsp3) is 0.400.